The summed E-state index contributed by atoms with van der Waals surface area (Å²) in [5.41, 5.74) is 6.72. The fourth-order valence-electron chi connectivity index (χ4n) is 0.119. The minimum Gasteiger partial charge on any atom is -0.390 e. The van der Waals surface area contributed by atoms with Gasteiger partial charge in [-0.1, -0.05) is 12.2 Å². The lowest BCUT2D eigenvalue weighted by atomic mass is 10.6. The number of hydrogen-bond acceptors (Lipinski definition) is 3. The molecule has 7 heavy (non-hydrogen) atoms. The predicted octanol–water partition coefficient (Wildman–Crippen LogP) is -0.235. The van der Waals surface area contributed by atoms with Crippen molar-refractivity contribution in [2.45, 2.75) is 0 Å². The molecule has 0 spiro atoms. The second kappa shape index (κ2) is 3.58. The third kappa shape index (κ3) is 5.39. The molecule has 0 aromatic carbocycles. The Labute approximate surface area is 46.8 Å². The molecule has 0 rings (SSSR count). The average Bonchev–Trinajstić information content (AvgIpc) is 1.61. The van der Waals surface area contributed by atoms with Crippen molar-refractivity contribution in [1.82, 2.24) is 5.48 Å². The van der Waals surface area contributed by atoms with Gasteiger partial charge < -0.3 is 5.73 Å². The molecular formula is C3H6N2OS. The van der Waals surface area contributed by atoms with Crippen molar-refractivity contribution >= 4 is 17.2 Å². The lowest BCUT2D eigenvalue weighted by Gasteiger charge is -1.81. The van der Waals surface area contributed by atoms with Crippen LogP contribution in [0, 0.1) is 0 Å². The maximum atomic E-state index is 7.86. The van der Waals surface area contributed by atoms with Gasteiger partial charge in [-0.25, -0.2) is 0 Å². The van der Waals surface area contributed by atoms with Gasteiger partial charge in [0.05, 0.1) is 4.99 Å². The van der Waals surface area contributed by atoms with E-state index in [0.717, 1.165) is 0 Å². The summed E-state index contributed by atoms with van der Waals surface area (Å²) in [6, 6.07) is 0. The fourth-order valence-corrected chi connectivity index (χ4v) is 0.187. The Balaban J connectivity index is 3.26. The molecule has 0 fully saturated rings. The van der Waals surface area contributed by atoms with Crippen LogP contribution < -0.4 is 11.2 Å². The summed E-state index contributed by atoms with van der Waals surface area (Å²) < 4.78 is 0. The highest BCUT2D eigenvalue weighted by molar-refractivity contribution is 7.80. The summed E-state index contributed by atoms with van der Waals surface area (Å²) in [5, 5.41) is 7.86. The van der Waals surface area contributed by atoms with Crippen LogP contribution in [0.4, 0.5) is 0 Å². The van der Waals surface area contributed by atoms with Crippen molar-refractivity contribution in [3.63, 3.8) is 0 Å². The lowest BCUT2D eigenvalue weighted by Crippen LogP contribution is -2.05. The number of thiocarbonyl (C=S) groups is 1. The maximum absolute atomic E-state index is 7.86. The molecule has 0 aliphatic rings. The molecule has 0 aromatic rings. The topological polar surface area (TPSA) is 58.3 Å². The van der Waals surface area contributed by atoms with Gasteiger partial charge in [0.2, 0.25) is 0 Å². The molecule has 0 atom stereocenters. The van der Waals surface area contributed by atoms with Crippen LogP contribution in [0.2, 0.25) is 0 Å². The Bertz CT molecular complexity index is 90.9. The maximum Gasteiger partial charge on any atom is 0.0977 e. The molecular weight excluding hydrogens is 112 g/mol. The Morgan fingerprint density at radius 2 is 2.43 bits per heavy atom. The zero-order chi connectivity index (χ0) is 5.70. The molecule has 0 aliphatic heterocycles. The van der Waals surface area contributed by atoms with Crippen LogP contribution in [-0.4, -0.2) is 10.2 Å². The monoisotopic (exact) mass is 118 g/mol. The van der Waals surface area contributed by atoms with E-state index in [1.54, 1.807) is 5.48 Å². The number of rotatable bonds is 2. The van der Waals surface area contributed by atoms with Gasteiger partial charge in [0.25, 0.3) is 0 Å². The standard InChI is InChI=1S/C3H6N2OS/c4-3(7)1-2-5-6/h1-2,5-6H,(H2,4,7)/b2-1+. The van der Waals surface area contributed by atoms with E-state index in [-0.39, 0.29) is 4.99 Å². The Kier molecular flexibility index (Phi) is 3.26. The average molecular weight is 118 g/mol. The van der Waals surface area contributed by atoms with Gasteiger partial charge in [-0.3, -0.25) is 10.7 Å². The fraction of sp³-hybridized carbons (Fsp3) is 0. The number of nitrogens with one attached hydrogen (secondary N) is 1. The van der Waals surface area contributed by atoms with Crippen molar-refractivity contribution in [1.29, 1.82) is 0 Å². The van der Waals surface area contributed by atoms with E-state index >= 15 is 0 Å². The lowest BCUT2D eigenvalue weighted by molar-refractivity contribution is 0.214. The smallest absolute Gasteiger partial charge is 0.0977 e. The summed E-state index contributed by atoms with van der Waals surface area (Å²) >= 11 is 4.40. The highest BCUT2D eigenvalue weighted by Gasteiger charge is 1.70. The van der Waals surface area contributed by atoms with Crippen LogP contribution >= 0.6 is 12.2 Å². The van der Waals surface area contributed by atoms with Crippen LogP contribution in [0.1, 0.15) is 0 Å². The second-order valence-corrected chi connectivity index (χ2v) is 1.34. The molecule has 0 bridgehead atoms. The van der Waals surface area contributed by atoms with E-state index < -0.39 is 0 Å². The first-order chi connectivity index (χ1) is 3.27. The summed E-state index contributed by atoms with van der Waals surface area (Å²) in [6.07, 6.45) is 2.61. The van der Waals surface area contributed by atoms with Crippen molar-refractivity contribution in [3.8, 4) is 0 Å². The molecule has 0 saturated heterocycles. The molecule has 3 nitrogen and oxygen atoms in total. The van der Waals surface area contributed by atoms with E-state index in [1.807, 2.05) is 0 Å². The van der Waals surface area contributed by atoms with Gasteiger partial charge in [0.1, 0.15) is 0 Å². The Morgan fingerprint density at radius 3 is 2.57 bits per heavy atom. The van der Waals surface area contributed by atoms with E-state index in [9.17, 15) is 0 Å². The van der Waals surface area contributed by atoms with Crippen molar-refractivity contribution < 1.29 is 5.21 Å². The van der Waals surface area contributed by atoms with Crippen LogP contribution in [0.3, 0.4) is 0 Å². The minimum atomic E-state index is 0.238. The number of hydroxylamine groups is 1. The molecule has 4 N–H and O–H groups in total. The zero-order valence-electron chi connectivity index (χ0n) is 3.59. The van der Waals surface area contributed by atoms with Crippen LogP contribution in [0.5, 0.6) is 0 Å². The Hall–Kier alpha value is -0.610. The largest absolute Gasteiger partial charge is 0.390 e. The van der Waals surface area contributed by atoms with Gasteiger partial charge >= 0.3 is 0 Å². The number of nitrogens with two attached hydrogens (primary N) is 1. The first-order valence-corrected chi connectivity index (χ1v) is 2.04. The van der Waals surface area contributed by atoms with Crippen LogP contribution in [-0.2, 0) is 0 Å². The Morgan fingerprint density at radius 1 is 1.86 bits per heavy atom. The third-order valence-corrected chi connectivity index (χ3v) is 0.458. The van der Waals surface area contributed by atoms with Gasteiger partial charge in [0, 0.05) is 6.20 Å². The normalized spacial score (nSPS) is 9.29. The van der Waals surface area contributed by atoms with Crippen molar-refractivity contribution in [3.05, 3.63) is 12.3 Å². The molecule has 40 valence electrons. The quantitative estimate of drug-likeness (QED) is 0.266. The van der Waals surface area contributed by atoms with E-state index in [4.69, 9.17) is 10.9 Å². The molecule has 0 aromatic heterocycles. The highest BCUT2D eigenvalue weighted by Crippen LogP contribution is 1.65. The molecule has 0 saturated carbocycles. The predicted molar refractivity (Wildman–Crippen MR) is 30.8 cm³/mol. The van der Waals surface area contributed by atoms with Crippen molar-refractivity contribution in [2.24, 2.45) is 5.73 Å². The highest BCUT2D eigenvalue weighted by atomic mass is 32.1. The molecule has 0 amide bonds. The first kappa shape index (κ1) is 6.39. The third-order valence-electron chi connectivity index (χ3n) is 0.322. The molecule has 4 heteroatoms. The van der Waals surface area contributed by atoms with Gasteiger partial charge in [-0.2, -0.15) is 0 Å². The number of hydrogen-bond donors (Lipinski definition) is 3. The molecule has 0 heterocycles. The van der Waals surface area contributed by atoms with E-state index in [2.05, 4.69) is 12.2 Å². The summed E-state index contributed by atoms with van der Waals surface area (Å²) in [5.74, 6) is 0. The SMILES string of the molecule is NC(=S)/C=C/NO. The summed E-state index contributed by atoms with van der Waals surface area (Å²) in [4.78, 5) is 0.238. The molecule has 0 aliphatic carbocycles. The summed E-state index contributed by atoms with van der Waals surface area (Å²) in [7, 11) is 0. The van der Waals surface area contributed by atoms with Crippen molar-refractivity contribution in [2.75, 3.05) is 0 Å². The molecule has 0 unspecified atom stereocenters. The van der Waals surface area contributed by atoms with E-state index in [1.165, 1.54) is 12.3 Å². The second-order valence-electron chi connectivity index (χ2n) is 0.865. The first-order valence-electron chi connectivity index (χ1n) is 1.63. The van der Waals surface area contributed by atoms with Gasteiger partial charge in [-0.05, 0) is 6.08 Å². The van der Waals surface area contributed by atoms with E-state index in [0.29, 0.717) is 0 Å². The molecule has 0 radical (unpaired) electrons. The minimum absolute atomic E-state index is 0.238. The van der Waals surface area contributed by atoms with Gasteiger partial charge in [0.15, 0.2) is 0 Å². The van der Waals surface area contributed by atoms with Crippen LogP contribution in [0.25, 0.3) is 0 Å². The van der Waals surface area contributed by atoms with Gasteiger partial charge in [-0.15, -0.1) is 0 Å². The van der Waals surface area contributed by atoms with Crippen LogP contribution in [0.15, 0.2) is 12.3 Å². The summed E-state index contributed by atoms with van der Waals surface area (Å²) in [6.45, 7) is 0. The zero-order valence-corrected chi connectivity index (χ0v) is 4.40.